The summed E-state index contributed by atoms with van der Waals surface area (Å²) in [5.41, 5.74) is 1.99. The first-order valence-corrected chi connectivity index (χ1v) is 10.0. The van der Waals surface area contributed by atoms with E-state index in [9.17, 15) is 13.2 Å². The number of amides is 1. The molecule has 1 amide bonds. The van der Waals surface area contributed by atoms with Crippen LogP contribution in [0.15, 0.2) is 53.4 Å². The first-order valence-electron chi connectivity index (χ1n) is 8.52. The Bertz CT molecular complexity index is 887. The van der Waals surface area contributed by atoms with Crippen molar-refractivity contribution in [2.24, 2.45) is 0 Å². The van der Waals surface area contributed by atoms with Gasteiger partial charge in [-0.1, -0.05) is 12.1 Å². The summed E-state index contributed by atoms with van der Waals surface area (Å²) >= 11 is 0. The van der Waals surface area contributed by atoms with Crippen molar-refractivity contribution in [3.8, 4) is 0 Å². The summed E-state index contributed by atoms with van der Waals surface area (Å²) in [6.07, 6.45) is 0. The molecule has 0 spiro atoms. The van der Waals surface area contributed by atoms with Crippen LogP contribution in [0.5, 0.6) is 0 Å². The number of hydrogen-bond acceptors (Lipinski definition) is 4. The summed E-state index contributed by atoms with van der Waals surface area (Å²) in [4.78, 5) is 16.6. The fourth-order valence-corrected chi connectivity index (χ4v) is 3.94. The van der Waals surface area contributed by atoms with Gasteiger partial charge in [0.2, 0.25) is 0 Å². The fraction of sp³-hybridized carbons (Fsp3) is 0.316. The lowest BCUT2D eigenvalue weighted by Crippen LogP contribution is -2.47. The van der Waals surface area contributed by atoms with E-state index in [1.54, 1.807) is 35.2 Å². The van der Waals surface area contributed by atoms with E-state index in [-0.39, 0.29) is 10.8 Å². The molecule has 0 unspecified atom stereocenters. The van der Waals surface area contributed by atoms with Gasteiger partial charge in [0.15, 0.2) is 0 Å². The van der Waals surface area contributed by atoms with Crippen LogP contribution in [-0.2, 0) is 10.0 Å². The first kappa shape index (κ1) is 18.4. The second-order valence-corrected chi connectivity index (χ2v) is 8.28. The lowest BCUT2D eigenvalue weighted by molar-refractivity contribution is 0.0664. The molecule has 1 N–H and O–H groups in total. The zero-order valence-corrected chi connectivity index (χ0v) is 15.8. The van der Waals surface area contributed by atoms with E-state index in [1.165, 1.54) is 12.1 Å². The zero-order valence-electron chi connectivity index (χ0n) is 15.0. The Hall–Kier alpha value is -2.38. The largest absolute Gasteiger partial charge is 0.336 e. The molecule has 1 saturated heterocycles. The van der Waals surface area contributed by atoms with Gasteiger partial charge in [0.1, 0.15) is 0 Å². The molecular formula is C19H23N3O3S. The molecule has 1 aliphatic heterocycles. The van der Waals surface area contributed by atoms with Crippen molar-refractivity contribution >= 4 is 21.6 Å². The van der Waals surface area contributed by atoms with Crippen LogP contribution in [0.25, 0.3) is 0 Å². The Balaban J connectivity index is 1.73. The van der Waals surface area contributed by atoms with Crippen molar-refractivity contribution in [3.63, 3.8) is 0 Å². The topological polar surface area (TPSA) is 69.7 Å². The van der Waals surface area contributed by atoms with Crippen LogP contribution < -0.4 is 4.72 Å². The van der Waals surface area contributed by atoms with Crippen LogP contribution in [-0.4, -0.2) is 57.4 Å². The summed E-state index contributed by atoms with van der Waals surface area (Å²) < 4.78 is 27.6. The summed E-state index contributed by atoms with van der Waals surface area (Å²) in [6.45, 7) is 4.96. The van der Waals surface area contributed by atoms with E-state index in [1.807, 2.05) is 20.0 Å². The Morgan fingerprint density at radius 2 is 1.65 bits per heavy atom. The van der Waals surface area contributed by atoms with E-state index in [2.05, 4.69) is 9.62 Å². The van der Waals surface area contributed by atoms with Gasteiger partial charge in [-0.3, -0.25) is 9.52 Å². The van der Waals surface area contributed by atoms with Gasteiger partial charge < -0.3 is 9.80 Å². The first-order chi connectivity index (χ1) is 12.3. The van der Waals surface area contributed by atoms with Crippen molar-refractivity contribution in [2.45, 2.75) is 11.8 Å². The predicted molar refractivity (Wildman–Crippen MR) is 102 cm³/mol. The molecule has 3 rings (SSSR count). The Kier molecular flexibility index (Phi) is 5.29. The zero-order chi connectivity index (χ0) is 18.7. The number of likely N-dealkylation sites (N-methyl/N-ethyl adjacent to an activating group) is 1. The van der Waals surface area contributed by atoms with Gasteiger partial charge in [0.05, 0.1) is 4.90 Å². The molecule has 138 valence electrons. The molecular weight excluding hydrogens is 350 g/mol. The monoisotopic (exact) mass is 373 g/mol. The number of aryl methyl sites for hydroxylation is 1. The summed E-state index contributed by atoms with van der Waals surface area (Å²) in [5.74, 6) is -0.0614. The van der Waals surface area contributed by atoms with E-state index in [0.717, 1.165) is 18.7 Å². The lowest BCUT2D eigenvalue weighted by Gasteiger charge is -2.32. The number of hydrogen-bond donors (Lipinski definition) is 1. The number of nitrogens with one attached hydrogen (secondary N) is 1. The molecule has 2 aromatic rings. The van der Waals surface area contributed by atoms with Crippen molar-refractivity contribution in [3.05, 3.63) is 59.7 Å². The lowest BCUT2D eigenvalue weighted by atomic mass is 10.2. The highest BCUT2D eigenvalue weighted by atomic mass is 32.2. The fourth-order valence-electron chi connectivity index (χ4n) is 2.89. The second-order valence-electron chi connectivity index (χ2n) is 6.59. The molecule has 0 radical (unpaired) electrons. The number of carbonyl (C=O) groups is 1. The van der Waals surface area contributed by atoms with Gasteiger partial charge in [-0.2, -0.15) is 0 Å². The van der Waals surface area contributed by atoms with Gasteiger partial charge in [-0.15, -0.1) is 0 Å². The number of carbonyl (C=O) groups excluding carboxylic acids is 1. The molecule has 26 heavy (non-hydrogen) atoms. The third-order valence-corrected chi connectivity index (χ3v) is 5.87. The van der Waals surface area contributed by atoms with E-state index >= 15 is 0 Å². The Morgan fingerprint density at radius 1 is 1.00 bits per heavy atom. The highest BCUT2D eigenvalue weighted by molar-refractivity contribution is 7.92. The van der Waals surface area contributed by atoms with Crippen molar-refractivity contribution in [2.75, 3.05) is 37.9 Å². The number of piperazine rings is 1. The molecule has 0 saturated carbocycles. The average molecular weight is 373 g/mol. The van der Waals surface area contributed by atoms with E-state index < -0.39 is 10.0 Å². The van der Waals surface area contributed by atoms with E-state index in [4.69, 9.17) is 0 Å². The molecule has 1 fully saturated rings. The van der Waals surface area contributed by atoms with Gasteiger partial charge >= 0.3 is 0 Å². The number of rotatable bonds is 4. The summed E-state index contributed by atoms with van der Waals surface area (Å²) in [5, 5.41) is 0. The van der Waals surface area contributed by atoms with Gasteiger partial charge in [-0.05, 0) is 55.9 Å². The summed E-state index contributed by atoms with van der Waals surface area (Å²) in [7, 11) is -1.66. The number of sulfonamides is 1. The molecule has 0 aliphatic carbocycles. The smallest absolute Gasteiger partial charge is 0.261 e. The minimum atomic E-state index is -3.69. The Morgan fingerprint density at radius 3 is 2.27 bits per heavy atom. The van der Waals surface area contributed by atoms with Crippen LogP contribution in [0.4, 0.5) is 5.69 Å². The van der Waals surface area contributed by atoms with Crippen LogP contribution in [0.1, 0.15) is 15.9 Å². The van der Waals surface area contributed by atoms with Gasteiger partial charge in [0.25, 0.3) is 15.9 Å². The highest BCUT2D eigenvalue weighted by Crippen LogP contribution is 2.18. The standard InChI is InChI=1S/C19H23N3O3S/c1-15-4-3-5-17(14-15)20-26(24,25)18-8-6-16(7-9-18)19(23)22-12-10-21(2)11-13-22/h3-9,14,20H,10-13H2,1-2H3. The molecule has 6 nitrogen and oxygen atoms in total. The van der Waals surface area contributed by atoms with Crippen LogP contribution >= 0.6 is 0 Å². The maximum absolute atomic E-state index is 12.5. The second kappa shape index (κ2) is 7.47. The number of benzene rings is 2. The quantitative estimate of drug-likeness (QED) is 0.892. The molecule has 0 bridgehead atoms. The number of anilines is 1. The van der Waals surface area contributed by atoms with Crippen LogP contribution in [0.3, 0.4) is 0 Å². The molecule has 0 aromatic heterocycles. The third kappa shape index (κ3) is 4.23. The van der Waals surface area contributed by atoms with Crippen molar-refractivity contribution in [1.29, 1.82) is 0 Å². The number of nitrogens with zero attached hydrogens (tertiary/aromatic N) is 2. The van der Waals surface area contributed by atoms with Crippen molar-refractivity contribution < 1.29 is 13.2 Å². The van der Waals surface area contributed by atoms with Gasteiger partial charge in [0, 0.05) is 37.4 Å². The minimum Gasteiger partial charge on any atom is -0.336 e. The minimum absolute atomic E-state index is 0.0614. The summed E-state index contributed by atoms with van der Waals surface area (Å²) in [6, 6.07) is 13.3. The Labute approximate surface area is 154 Å². The SMILES string of the molecule is Cc1cccc(NS(=O)(=O)c2ccc(C(=O)N3CCN(C)CC3)cc2)c1. The van der Waals surface area contributed by atoms with Crippen LogP contribution in [0, 0.1) is 6.92 Å². The maximum atomic E-state index is 12.5. The molecule has 2 aromatic carbocycles. The van der Waals surface area contributed by atoms with Crippen LogP contribution in [0.2, 0.25) is 0 Å². The highest BCUT2D eigenvalue weighted by Gasteiger charge is 2.21. The maximum Gasteiger partial charge on any atom is 0.261 e. The molecule has 1 aliphatic rings. The molecule has 0 atom stereocenters. The predicted octanol–water partition coefficient (Wildman–Crippen LogP) is 2.18. The molecule has 7 heteroatoms. The normalized spacial score (nSPS) is 15.7. The molecule has 1 heterocycles. The average Bonchev–Trinajstić information content (AvgIpc) is 2.61. The van der Waals surface area contributed by atoms with E-state index in [0.29, 0.717) is 24.3 Å². The van der Waals surface area contributed by atoms with Gasteiger partial charge in [-0.25, -0.2) is 8.42 Å². The van der Waals surface area contributed by atoms with Crippen molar-refractivity contribution in [1.82, 2.24) is 9.80 Å². The third-order valence-electron chi connectivity index (χ3n) is 4.47.